The predicted octanol–water partition coefficient (Wildman–Crippen LogP) is 3.39. The van der Waals surface area contributed by atoms with Crippen LogP contribution < -0.4 is 0 Å². The number of carbonyl (C=O) groups excluding carboxylic acids is 2. The van der Waals surface area contributed by atoms with E-state index in [1.807, 2.05) is 6.07 Å². The van der Waals surface area contributed by atoms with E-state index in [-0.39, 0.29) is 11.3 Å². The van der Waals surface area contributed by atoms with Crippen LogP contribution in [0.15, 0.2) is 60.2 Å². The molecule has 0 aliphatic carbocycles. The average molecular weight is 328 g/mol. The van der Waals surface area contributed by atoms with Gasteiger partial charge < -0.3 is 10.0 Å². The molecule has 1 saturated heterocycles. The number of hydrogen-bond acceptors (Lipinski definition) is 3. The van der Waals surface area contributed by atoms with Crippen LogP contribution in [0.4, 0.5) is 0 Å². The Morgan fingerprint density at radius 1 is 1.04 bits per heavy atom. The minimum absolute atomic E-state index is 0.0889. The maximum absolute atomic E-state index is 12.3. The Morgan fingerprint density at radius 3 is 2.26 bits per heavy atom. The van der Waals surface area contributed by atoms with Crippen LogP contribution in [-0.2, 0) is 9.59 Å². The monoisotopic (exact) mass is 327 g/mol. The van der Waals surface area contributed by atoms with E-state index in [9.17, 15) is 14.7 Å². The standard InChI is InChI=1S/C18H14ClNO3/c1-20-15(11-7-9-13(19)10-8-11)14(17(22)18(20)23)16(21)12-5-3-2-4-6-12/h2-10,15,21H,1H3/b16-14-. The first-order chi connectivity index (χ1) is 11.0. The quantitative estimate of drug-likeness (QED) is 0.522. The normalized spacial score (nSPS) is 20.1. The molecule has 0 spiro atoms. The zero-order valence-corrected chi connectivity index (χ0v) is 13.1. The molecule has 1 aliphatic heterocycles. The highest BCUT2D eigenvalue weighted by atomic mass is 35.5. The Balaban J connectivity index is 2.17. The lowest BCUT2D eigenvalue weighted by Gasteiger charge is -2.21. The summed E-state index contributed by atoms with van der Waals surface area (Å²) in [6.45, 7) is 0. The summed E-state index contributed by atoms with van der Waals surface area (Å²) < 4.78 is 0. The Morgan fingerprint density at radius 2 is 1.65 bits per heavy atom. The SMILES string of the molecule is CN1C(=O)C(=O)/C(=C(\O)c2ccccc2)C1c1ccc(Cl)cc1. The molecular weight excluding hydrogens is 314 g/mol. The zero-order chi connectivity index (χ0) is 16.6. The molecule has 0 bridgehead atoms. The van der Waals surface area contributed by atoms with Crippen LogP contribution in [0, 0.1) is 0 Å². The molecule has 1 N–H and O–H groups in total. The first kappa shape index (κ1) is 15.3. The number of likely N-dealkylation sites (tertiary alicyclic amines) is 1. The van der Waals surface area contributed by atoms with E-state index in [1.54, 1.807) is 55.6 Å². The second-order valence-corrected chi connectivity index (χ2v) is 5.76. The van der Waals surface area contributed by atoms with Crippen molar-refractivity contribution in [2.75, 3.05) is 7.05 Å². The van der Waals surface area contributed by atoms with Gasteiger partial charge in [0.25, 0.3) is 11.7 Å². The van der Waals surface area contributed by atoms with E-state index >= 15 is 0 Å². The van der Waals surface area contributed by atoms with E-state index in [0.717, 1.165) is 0 Å². The minimum Gasteiger partial charge on any atom is -0.507 e. The number of halogens is 1. The lowest BCUT2D eigenvalue weighted by Crippen LogP contribution is -2.24. The lowest BCUT2D eigenvalue weighted by atomic mass is 9.95. The summed E-state index contributed by atoms with van der Waals surface area (Å²) in [5.74, 6) is -1.50. The van der Waals surface area contributed by atoms with Crippen molar-refractivity contribution >= 4 is 29.1 Å². The molecule has 4 nitrogen and oxygen atoms in total. The highest BCUT2D eigenvalue weighted by Crippen LogP contribution is 2.38. The Labute approximate surface area is 138 Å². The number of aliphatic hydroxyl groups excluding tert-OH is 1. The Hall–Kier alpha value is -2.59. The highest BCUT2D eigenvalue weighted by molar-refractivity contribution is 6.46. The van der Waals surface area contributed by atoms with E-state index in [2.05, 4.69) is 0 Å². The van der Waals surface area contributed by atoms with Crippen molar-refractivity contribution in [2.24, 2.45) is 0 Å². The summed E-state index contributed by atoms with van der Waals surface area (Å²) in [5, 5.41) is 11.1. The van der Waals surface area contributed by atoms with Gasteiger partial charge in [0.15, 0.2) is 0 Å². The van der Waals surface area contributed by atoms with Crippen LogP contribution >= 0.6 is 11.6 Å². The fraction of sp³-hybridized carbons (Fsp3) is 0.111. The first-order valence-electron chi connectivity index (χ1n) is 7.06. The molecule has 2 aromatic carbocycles. The topological polar surface area (TPSA) is 57.6 Å². The van der Waals surface area contributed by atoms with Gasteiger partial charge in [-0.3, -0.25) is 9.59 Å². The number of benzene rings is 2. The van der Waals surface area contributed by atoms with Gasteiger partial charge in [0.2, 0.25) is 0 Å². The predicted molar refractivity (Wildman–Crippen MR) is 88.0 cm³/mol. The molecule has 1 unspecified atom stereocenters. The Bertz CT molecular complexity index is 797. The summed E-state index contributed by atoms with van der Waals surface area (Å²) in [7, 11) is 1.55. The van der Waals surface area contributed by atoms with Gasteiger partial charge in [0, 0.05) is 17.6 Å². The minimum atomic E-state index is -0.686. The second-order valence-electron chi connectivity index (χ2n) is 5.33. The van der Waals surface area contributed by atoms with Crippen LogP contribution in [0.3, 0.4) is 0 Å². The third kappa shape index (κ3) is 2.62. The number of nitrogens with zero attached hydrogens (tertiary/aromatic N) is 1. The third-order valence-corrected chi connectivity index (χ3v) is 4.16. The highest BCUT2D eigenvalue weighted by Gasteiger charge is 2.44. The summed E-state index contributed by atoms with van der Waals surface area (Å²) in [6.07, 6.45) is 0. The van der Waals surface area contributed by atoms with Gasteiger partial charge in [-0.15, -0.1) is 0 Å². The molecule has 5 heteroatoms. The van der Waals surface area contributed by atoms with Crippen LogP contribution in [0.2, 0.25) is 5.02 Å². The number of Topliss-reactive ketones (excluding diaryl/α,β-unsaturated/α-hetero) is 1. The number of likely N-dealkylation sites (N-methyl/N-ethyl adjacent to an activating group) is 1. The number of amides is 1. The van der Waals surface area contributed by atoms with Crippen molar-refractivity contribution in [2.45, 2.75) is 6.04 Å². The number of carbonyl (C=O) groups is 2. The lowest BCUT2D eigenvalue weighted by molar-refractivity contribution is -0.139. The smallest absolute Gasteiger partial charge is 0.295 e. The Kier molecular flexibility index (Phi) is 3.92. The molecule has 0 radical (unpaired) electrons. The molecule has 1 fully saturated rings. The van der Waals surface area contributed by atoms with Gasteiger partial charge in [0.05, 0.1) is 11.6 Å². The maximum Gasteiger partial charge on any atom is 0.295 e. The van der Waals surface area contributed by atoms with Crippen molar-refractivity contribution in [1.29, 1.82) is 0 Å². The molecular formula is C18H14ClNO3. The van der Waals surface area contributed by atoms with Crippen LogP contribution in [0.25, 0.3) is 5.76 Å². The number of hydrogen-bond donors (Lipinski definition) is 1. The van der Waals surface area contributed by atoms with E-state index < -0.39 is 17.7 Å². The van der Waals surface area contributed by atoms with Gasteiger partial charge in [-0.2, -0.15) is 0 Å². The molecule has 1 atom stereocenters. The number of ketones is 1. The van der Waals surface area contributed by atoms with Crippen molar-refractivity contribution in [1.82, 2.24) is 4.90 Å². The molecule has 0 saturated carbocycles. The van der Waals surface area contributed by atoms with Crippen LogP contribution in [-0.4, -0.2) is 28.7 Å². The molecule has 0 aromatic heterocycles. The maximum atomic E-state index is 12.3. The van der Waals surface area contributed by atoms with Crippen LogP contribution in [0.5, 0.6) is 0 Å². The fourth-order valence-electron chi connectivity index (χ4n) is 2.73. The second kappa shape index (κ2) is 5.89. The summed E-state index contributed by atoms with van der Waals surface area (Å²) in [6, 6.07) is 14.9. The molecule has 23 heavy (non-hydrogen) atoms. The van der Waals surface area contributed by atoms with E-state index in [4.69, 9.17) is 11.6 Å². The average Bonchev–Trinajstić information content (AvgIpc) is 2.80. The fourth-order valence-corrected chi connectivity index (χ4v) is 2.86. The van der Waals surface area contributed by atoms with Crippen molar-refractivity contribution in [3.8, 4) is 0 Å². The van der Waals surface area contributed by atoms with E-state index in [1.165, 1.54) is 4.90 Å². The molecule has 116 valence electrons. The van der Waals surface area contributed by atoms with Crippen LogP contribution in [0.1, 0.15) is 17.2 Å². The van der Waals surface area contributed by atoms with Gasteiger partial charge in [-0.05, 0) is 17.7 Å². The van der Waals surface area contributed by atoms with Gasteiger partial charge >= 0.3 is 0 Å². The first-order valence-corrected chi connectivity index (χ1v) is 7.44. The van der Waals surface area contributed by atoms with Crippen molar-refractivity contribution in [3.63, 3.8) is 0 Å². The van der Waals surface area contributed by atoms with Gasteiger partial charge in [0.1, 0.15) is 5.76 Å². The van der Waals surface area contributed by atoms with Gasteiger partial charge in [-0.1, -0.05) is 54.1 Å². The summed E-state index contributed by atoms with van der Waals surface area (Å²) >= 11 is 5.90. The largest absolute Gasteiger partial charge is 0.507 e. The summed E-state index contributed by atoms with van der Waals surface area (Å²) in [5.41, 5.74) is 1.30. The molecule has 1 heterocycles. The summed E-state index contributed by atoms with van der Waals surface area (Å²) in [4.78, 5) is 25.8. The molecule has 1 aliphatic rings. The zero-order valence-electron chi connectivity index (χ0n) is 12.4. The van der Waals surface area contributed by atoms with Crippen molar-refractivity contribution in [3.05, 3.63) is 76.3 Å². The van der Waals surface area contributed by atoms with Crippen molar-refractivity contribution < 1.29 is 14.7 Å². The molecule has 2 aromatic rings. The third-order valence-electron chi connectivity index (χ3n) is 3.91. The molecule has 3 rings (SSSR count). The number of rotatable bonds is 2. The molecule has 1 amide bonds. The van der Waals surface area contributed by atoms with E-state index in [0.29, 0.717) is 16.1 Å². The van der Waals surface area contributed by atoms with Gasteiger partial charge in [-0.25, -0.2) is 0 Å². The number of aliphatic hydroxyl groups is 1.